The third-order valence-electron chi connectivity index (χ3n) is 3.44. The van der Waals surface area contributed by atoms with Crippen LogP contribution in [0.2, 0.25) is 0 Å². The number of rotatable bonds is 9. The van der Waals surface area contributed by atoms with Gasteiger partial charge in [0.2, 0.25) is 0 Å². The minimum atomic E-state index is -0.651. The maximum atomic E-state index is 11.6. The van der Waals surface area contributed by atoms with Crippen LogP contribution in [0, 0.1) is 0 Å². The van der Waals surface area contributed by atoms with E-state index in [4.69, 9.17) is 14.2 Å². The molecule has 6 heteroatoms. The summed E-state index contributed by atoms with van der Waals surface area (Å²) in [5.41, 5.74) is 0.858. The van der Waals surface area contributed by atoms with Gasteiger partial charge in [0.05, 0.1) is 25.6 Å². The summed E-state index contributed by atoms with van der Waals surface area (Å²) < 4.78 is 16.0. The van der Waals surface area contributed by atoms with Gasteiger partial charge in [0.15, 0.2) is 17.7 Å². The highest BCUT2D eigenvalue weighted by Crippen LogP contribution is 2.21. The minimum Gasteiger partial charge on any atom is -0.490 e. The van der Waals surface area contributed by atoms with Gasteiger partial charge >= 0.3 is 5.97 Å². The van der Waals surface area contributed by atoms with Gasteiger partial charge < -0.3 is 14.2 Å². The molecule has 1 aromatic carbocycles. The number of nitrogens with zero attached hydrogens (tertiary/aromatic N) is 2. The molecule has 0 radical (unpaired) electrons. The summed E-state index contributed by atoms with van der Waals surface area (Å²) in [5, 5.41) is 0. The van der Waals surface area contributed by atoms with Crippen molar-refractivity contribution >= 4 is 5.97 Å². The zero-order chi connectivity index (χ0) is 18.1. The molecule has 134 valence electrons. The van der Waals surface area contributed by atoms with Gasteiger partial charge in [-0.15, -0.1) is 0 Å². The summed E-state index contributed by atoms with van der Waals surface area (Å²) in [4.78, 5) is 20.2. The second-order valence-electron chi connectivity index (χ2n) is 5.48. The van der Waals surface area contributed by atoms with Gasteiger partial charge in [0.25, 0.3) is 0 Å². The van der Waals surface area contributed by atoms with Gasteiger partial charge in [-0.05, 0) is 44.5 Å². The molecule has 1 atom stereocenters. The normalized spacial score (nSPS) is 11.6. The Balaban J connectivity index is 1.96. The molecule has 0 aliphatic carbocycles. The molecular weight excluding hydrogens is 320 g/mol. The smallest absolute Gasteiger partial charge is 0.347 e. The number of carbonyl (C=O) groups is 1. The molecule has 2 rings (SSSR count). The highest BCUT2D eigenvalue weighted by molar-refractivity contribution is 5.74. The van der Waals surface area contributed by atoms with Crippen molar-refractivity contribution < 1.29 is 19.0 Å². The highest BCUT2D eigenvalue weighted by atomic mass is 16.6. The van der Waals surface area contributed by atoms with Crippen LogP contribution in [-0.2, 0) is 9.53 Å². The Morgan fingerprint density at radius 3 is 2.36 bits per heavy atom. The fraction of sp³-hybridized carbons (Fsp3) is 0.421. The van der Waals surface area contributed by atoms with Crippen molar-refractivity contribution in [2.75, 3.05) is 13.2 Å². The van der Waals surface area contributed by atoms with Crippen LogP contribution in [0.4, 0.5) is 0 Å². The molecule has 0 saturated carbocycles. The third-order valence-corrected chi connectivity index (χ3v) is 3.44. The number of aromatic nitrogens is 2. The molecule has 1 unspecified atom stereocenters. The SMILES string of the molecule is CCCCOc1cnc(-c2ccc(OC(C)C(=O)OCC)cc2)nc1. The molecule has 6 nitrogen and oxygen atoms in total. The summed E-state index contributed by atoms with van der Waals surface area (Å²) in [7, 11) is 0. The van der Waals surface area contributed by atoms with Crippen molar-refractivity contribution in [3.8, 4) is 22.9 Å². The second-order valence-corrected chi connectivity index (χ2v) is 5.48. The second kappa shape index (κ2) is 9.61. The van der Waals surface area contributed by atoms with E-state index < -0.39 is 6.10 Å². The quantitative estimate of drug-likeness (QED) is 0.511. The maximum Gasteiger partial charge on any atom is 0.347 e. The van der Waals surface area contributed by atoms with E-state index >= 15 is 0 Å². The number of hydrogen-bond acceptors (Lipinski definition) is 6. The monoisotopic (exact) mass is 344 g/mol. The summed E-state index contributed by atoms with van der Waals surface area (Å²) in [5.74, 6) is 1.48. The van der Waals surface area contributed by atoms with Crippen molar-refractivity contribution in [2.24, 2.45) is 0 Å². The van der Waals surface area contributed by atoms with Gasteiger partial charge in [0, 0.05) is 5.56 Å². The first-order chi connectivity index (χ1) is 12.1. The summed E-state index contributed by atoms with van der Waals surface area (Å²) >= 11 is 0. The summed E-state index contributed by atoms with van der Waals surface area (Å²) in [6.07, 6.45) is 4.79. The molecule has 0 bridgehead atoms. The lowest BCUT2D eigenvalue weighted by molar-refractivity contribution is -0.150. The fourth-order valence-corrected chi connectivity index (χ4v) is 2.07. The zero-order valence-electron chi connectivity index (χ0n) is 14.9. The van der Waals surface area contributed by atoms with E-state index in [0.29, 0.717) is 30.5 Å². The van der Waals surface area contributed by atoms with Crippen LogP contribution in [0.1, 0.15) is 33.6 Å². The number of unbranched alkanes of at least 4 members (excludes halogenated alkanes) is 1. The molecular formula is C19H24N2O4. The van der Waals surface area contributed by atoms with Crippen molar-refractivity contribution in [3.63, 3.8) is 0 Å². The van der Waals surface area contributed by atoms with Crippen LogP contribution in [0.3, 0.4) is 0 Å². The van der Waals surface area contributed by atoms with E-state index in [0.717, 1.165) is 18.4 Å². The van der Waals surface area contributed by atoms with Crippen LogP contribution in [-0.4, -0.2) is 35.3 Å². The highest BCUT2D eigenvalue weighted by Gasteiger charge is 2.15. The molecule has 0 fully saturated rings. The van der Waals surface area contributed by atoms with Crippen molar-refractivity contribution in [2.45, 2.75) is 39.7 Å². The largest absolute Gasteiger partial charge is 0.490 e. The van der Waals surface area contributed by atoms with E-state index in [-0.39, 0.29) is 5.97 Å². The number of carbonyl (C=O) groups excluding carboxylic acids is 1. The van der Waals surface area contributed by atoms with Gasteiger partial charge in [-0.2, -0.15) is 0 Å². The first-order valence-corrected chi connectivity index (χ1v) is 8.52. The third kappa shape index (κ3) is 5.74. The molecule has 2 aromatic rings. The van der Waals surface area contributed by atoms with E-state index in [1.807, 2.05) is 12.1 Å². The van der Waals surface area contributed by atoms with E-state index in [1.165, 1.54) is 0 Å². The Morgan fingerprint density at radius 1 is 1.08 bits per heavy atom. The Hall–Kier alpha value is -2.63. The Kier molecular flexibility index (Phi) is 7.19. The lowest BCUT2D eigenvalue weighted by Gasteiger charge is -2.13. The summed E-state index contributed by atoms with van der Waals surface area (Å²) in [6, 6.07) is 7.25. The number of esters is 1. The molecule has 0 amide bonds. The standard InChI is InChI=1S/C19H24N2O4/c1-4-6-11-24-17-12-20-18(21-13-17)15-7-9-16(10-8-15)25-14(3)19(22)23-5-2/h7-10,12-14H,4-6,11H2,1-3H3. The van der Waals surface area contributed by atoms with Gasteiger partial charge in [-0.3, -0.25) is 0 Å². The van der Waals surface area contributed by atoms with Gasteiger partial charge in [0.1, 0.15) is 5.75 Å². The lowest BCUT2D eigenvalue weighted by atomic mass is 10.2. The van der Waals surface area contributed by atoms with Crippen molar-refractivity contribution in [3.05, 3.63) is 36.7 Å². The number of ether oxygens (including phenoxy) is 3. The molecule has 1 aromatic heterocycles. The number of hydrogen-bond donors (Lipinski definition) is 0. The fourth-order valence-electron chi connectivity index (χ4n) is 2.07. The molecule has 0 saturated heterocycles. The Morgan fingerprint density at radius 2 is 1.76 bits per heavy atom. The maximum absolute atomic E-state index is 11.6. The molecule has 0 spiro atoms. The van der Waals surface area contributed by atoms with Crippen molar-refractivity contribution in [1.82, 2.24) is 9.97 Å². The van der Waals surface area contributed by atoms with Gasteiger partial charge in [-0.25, -0.2) is 14.8 Å². The van der Waals surface area contributed by atoms with Gasteiger partial charge in [-0.1, -0.05) is 13.3 Å². The predicted octanol–water partition coefficient (Wildman–Crippen LogP) is 3.65. The average molecular weight is 344 g/mol. The zero-order valence-corrected chi connectivity index (χ0v) is 14.9. The molecule has 0 N–H and O–H groups in total. The van der Waals surface area contributed by atoms with Crippen LogP contribution < -0.4 is 9.47 Å². The summed E-state index contributed by atoms with van der Waals surface area (Å²) in [6.45, 7) is 6.54. The van der Waals surface area contributed by atoms with E-state index in [1.54, 1.807) is 38.4 Å². The number of benzene rings is 1. The molecule has 25 heavy (non-hydrogen) atoms. The average Bonchev–Trinajstić information content (AvgIpc) is 2.63. The first-order valence-electron chi connectivity index (χ1n) is 8.52. The van der Waals surface area contributed by atoms with Crippen LogP contribution in [0.25, 0.3) is 11.4 Å². The lowest BCUT2D eigenvalue weighted by Crippen LogP contribution is -2.25. The van der Waals surface area contributed by atoms with Crippen molar-refractivity contribution in [1.29, 1.82) is 0 Å². The van der Waals surface area contributed by atoms with E-state index in [9.17, 15) is 4.79 Å². The first kappa shape index (κ1) is 18.7. The Bertz CT molecular complexity index is 656. The van der Waals surface area contributed by atoms with Crippen LogP contribution in [0.5, 0.6) is 11.5 Å². The molecule has 0 aliphatic rings. The van der Waals surface area contributed by atoms with Crippen LogP contribution >= 0.6 is 0 Å². The van der Waals surface area contributed by atoms with Crippen LogP contribution in [0.15, 0.2) is 36.7 Å². The molecule has 1 heterocycles. The topological polar surface area (TPSA) is 70.5 Å². The minimum absolute atomic E-state index is 0.334. The molecule has 0 aliphatic heterocycles. The van der Waals surface area contributed by atoms with E-state index in [2.05, 4.69) is 16.9 Å². The Labute approximate surface area is 148 Å². The predicted molar refractivity (Wildman–Crippen MR) is 94.6 cm³/mol.